The van der Waals surface area contributed by atoms with Crippen LogP contribution in [0.3, 0.4) is 0 Å². The molecule has 0 unspecified atom stereocenters. The lowest BCUT2D eigenvalue weighted by atomic mass is 9.78. The van der Waals surface area contributed by atoms with E-state index in [1.807, 2.05) is 13.8 Å². The second kappa shape index (κ2) is 4.28. The number of rotatable bonds is 4. The molecule has 0 aromatic rings. The number of hydrogen-bond donors (Lipinski definition) is 0. The Morgan fingerprint density at radius 3 is 2.14 bits per heavy atom. The van der Waals surface area contributed by atoms with Gasteiger partial charge in [0.2, 0.25) is 0 Å². The molecule has 1 saturated carbocycles. The van der Waals surface area contributed by atoms with Crippen LogP contribution in [-0.2, 0) is 19.0 Å². The minimum Gasteiger partial charge on any atom is -0.463 e. The maximum atomic E-state index is 11.4. The fourth-order valence-electron chi connectivity index (χ4n) is 1.60. The van der Waals surface area contributed by atoms with Crippen molar-refractivity contribution in [2.24, 2.45) is 5.92 Å². The summed E-state index contributed by atoms with van der Waals surface area (Å²) in [7, 11) is 3.18. The normalized spacial score (nSPS) is 20.6. The van der Waals surface area contributed by atoms with Gasteiger partial charge in [0.1, 0.15) is 0 Å². The SMILES string of the molecule is COC1(OC)CC(C(=O)OC(C)C)C1. The van der Waals surface area contributed by atoms with E-state index in [2.05, 4.69) is 0 Å². The first-order valence-electron chi connectivity index (χ1n) is 4.84. The van der Waals surface area contributed by atoms with Crippen molar-refractivity contribution >= 4 is 5.97 Å². The molecular formula is C10H18O4. The number of carbonyl (C=O) groups is 1. The molecule has 0 aromatic carbocycles. The van der Waals surface area contributed by atoms with Crippen LogP contribution in [0.15, 0.2) is 0 Å². The van der Waals surface area contributed by atoms with E-state index in [1.54, 1.807) is 14.2 Å². The predicted molar refractivity (Wildman–Crippen MR) is 50.7 cm³/mol. The van der Waals surface area contributed by atoms with Crippen LogP contribution < -0.4 is 0 Å². The molecule has 1 fully saturated rings. The fraction of sp³-hybridized carbons (Fsp3) is 0.900. The van der Waals surface area contributed by atoms with Crippen LogP contribution in [0.25, 0.3) is 0 Å². The third kappa shape index (κ3) is 2.25. The molecule has 0 heterocycles. The second-order valence-corrected chi connectivity index (χ2v) is 3.91. The first-order valence-corrected chi connectivity index (χ1v) is 4.84. The number of esters is 1. The van der Waals surface area contributed by atoms with Gasteiger partial charge in [-0.2, -0.15) is 0 Å². The van der Waals surface area contributed by atoms with Gasteiger partial charge in [-0.1, -0.05) is 0 Å². The highest BCUT2D eigenvalue weighted by Gasteiger charge is 2.49. The van der Waals surface area contributed by atoms with E-state index in [0.717, 1.165) is 0 Å². The molecule has 0 atom stereocenters. The number of hydrogen-bond acceptors (Lipinski definition) is 4. The lowest BCUT2D eigenvalue weighted by molar-refractivity contribution is -0.271. The largest absolute Gasteiger partial charge is 0.463 e. The van der Waals surface area contributed by atoms with Crippen molar-refractivity contribution in [2.75, 3.05) is 14.2 Å². The van der Waals surface area contributed by atoms with Crippen LogP contribution in [0, 0.1) is 5.92 Å². The van der Waals surface area contributed by atoms with E-state index < -0.39 is 5.79 Å². The van der Waals surface area contributed by atoms with Gasteiger partial charge in [0.25, 0.3) is 0 Å². The van der Waals surface area contributed by atoms with Crippen molar-refractivity contribution in [3.8, 4) is 0 Å². The third-order valence-corrected chi connectivity index (χ3v) is 2.54. The first-order chi connectivity index (χ1) is 6.53. The molecular weight excluding hydrogens is 184 g/mol. The van der Waals surface area contributed by atoms with Gasteiger partial charge >= 0.3 is 5.97 Å². The van der Waals surface area contributed by atoms with Crippen LogP contribution in [0.5, 0.6) is 0 Å². The van der Waals surface area contributed by atoms with Crippen LogP contribution in [0.2, 0.25) is 0 Å². The Labute approximate surface area is 84.5 Å². The molecule has 82 valence electrons. The van der Waals surface area contributed by atoms with Gasteiger partial charge in [0.15, 0.2) is 5.79 Å². The maximum Gasteiger partial charge on any atom is 0.309 e. The van der Waals surface area contributed by atoms with E-state index in [9.17, 15) is 4.79 Å². The van der Waals surface area contributed by atoms with E-state index in [1.165, 1.54) is 0 Å². The number of carbonyl (C=O) groups excluding carboxylic acids is 1. The fourth-order valence-corrected chi connectivity index (χ4v) is 1.60. The zero-order chi connectivity index (χ0) is 10.8. The van der Waals surface area contributed by atoms with Crippen molar-refractivity contribution in [1.82, 2.24) is 0 Å². The van der Waals surface area contributed by atoms with Crippen LogP contribution in [-0.4, -0.2) is 32.1 Å². The summed E-state index contributed by atoms with van der Waals surface area (Å²) < 4.78 is 15.4. The van der Waals surface area contributed by atoms with Gasteiger partial charge in [-0.15, -0.1) is 0 Å². The molecule has 0 amide bonds. The summed E-state index contributed by atoms with van der Waals surface area (Å²) in [5, 5.41) is 0. The van der Waals surface area contributed by atoms with Gasteiger partial charge < -0.3 is 14.2 Å². The summed E-state index contributed by atoms with van der Waals surface area (Å²) in [6.07, 6.45) is 1.12. The van der Waals surface area contributed by atoms with E-state index in [0.29, 0.717) is 12.8 Å². The van der Waals surface area contributed by atoms with Crippen molar-refractivity contribution in [2.45, 2.75) is 38.6 Å². The molecule has 0 aromatic heterocycles. The highest BCUT2D eigenvalue weighted by molar-refractivity contribution is 5.74. The van der Waals surface area contributed by atoms with Crippen molar-refractivity contribution in [1.29, 1.82) is 0 Å². The van der Waals surface area contributed by atoms with E-state index in [-0.39, 0.29) is 18.0 Å². The molecule has 0 radical (unpaired) electrons. The summed E-state index contributed by atoms with van der Waals surface area (Å²) in [5.41, 5.74) is 0. The average molecular weight is 202 g/mol. The minimum atomic E-state index is -0.555. The summed E-state index contributed by atoms with van der Waals surface area (Å²) >= 11 is 0. The monoisotopic (exact) mass is 202 g/mol. The van der Waals surface area contributed by atoms with Gasteiger partial charge in [0, 0.05) is 27.1 Å². The van der Waals surface area contributed by atoms with Gasteiger partial charge in [0.05, 0.1) is 12.0 Å². The lowest BCUT2D eigenvalue weighted by Gasteiger charge is -2.43. The van der Waals surface area contributed by atoms with Gasteiger partial charge in [-0.25, -0.2) is 0 Å². The Kier molecular flexibility index (Phi) is 3.50. The second-order valence-electron chi connectivity index (χ2n) is 3.91. The number of ether oxygens (including phenoxy) is 3. The Hall–Kier alpha value is -0.610. The molecule has 1 rings (SSSR count). The van der Waals surface area contributed by atoms with Crippen LogP contribution >= 0.6 is 0 Å². The summed E-state index contributed by atoms with van der Waals surface area (Å²) in [6, 6.07) is 0. The molecule has 14 heavy (non-hydrogen) atoms. The maximum absolute atomic E-state index is 11.4. The van der Waals surface area contributed by atoms with Crippen molar-refractivity contribution in [3.63, 3.8) is 0 Å². The summed E-state index contributed by atoms with van der Waals surface area (Å²) in [6.45, 7) is 3.69. The highest BCUT2D eigenvalue weighted by Crippen LogP contribution is 2.41. The minimum absolute atomic E-state index is 0.0532. The average Bonchev–Trinajstić information content (AvgIpc) is 2.03. The molecule has 1 aliphatic rings. The quantitative estimate of drug-likeness (QED) is 0.509. The highest BCUT2D eigenvalue weighted by atomic mass is 16.7. The molecule has 0 N–H and O–H groups in total. The van der Waals surface area contributed by atoms with Gasteiger partial charge in [-0.3, -0.25) is 4.79 Å². The lowest BCUT2D eigenvalue weighted by Crippen LogP contribution is -2.50. The zero-order valence-corrected chi connectivity index (χ0v) is 9.20. The molecule has 0 spiro atoms. The van der Waals surface area contributed by atoms with E-state index >= 15 is 0 Å². The standard InChI is InChI=1S/C10H18O4/c1-7(2)14-9(11)8-5-10(6-8,12-3)13-4/h7-8H,5-6H2,1-4H3. The summed E-state index contributed by atoms with van der Waals surface area (Å²) in [5.74, 6) is -0.775. The smallest absolute Gasteiger partial charge is 0.309 e. The molecule has 4 heteroatoms. The molecule has 1 aliphatic carbocycles. The molecule has 0 aliphatic heterocycles. The predicted octanol–water partition coefficient (Wildman–Crippen LogP) is 1.34. The number of methoxy groups -OCH3 is 2. The molecule has 0 bridgehead atoms. The first kappa shape index (κ1) is 11.5. The topological polar surface area (TPSA) is 44.8 Å². The van der Waals surface area contributed by atoms with E-state index in [4.69, 9.17) is 14.2 Å². The summed E-state index contributed by atoms with van der Waals surface area (Å²) in [4.78, 5) is 11.4. The molecule has 0 saturated heterocycles. The van der Waals surface area contributed by atoms with Crippen LogP contribution in [0.1, 0.15) is 26.7 Å². The van der Waals surface area contributed by atoms with Gasteiger partial charge in [-0.05, 0) is 13.8 Å². The Morgan fingerprint density at radius 1 is 1.29 bits per heavy atom. The van der Waals surface area contributed by atoms with Crippen molar-refractivity contribution < 1.29 is 19.0 Å². The third-order valence-electron chi connectivity index (χ3n) is 2.54. The van der Waals surface area contributed by atoms with Crippen molar-refractivity contribution in [3.05, 3.63) is 0 Å². The Bertz CT molecular complexity index is 200. The Morgan fingerprint density at radius 2 is 1.79 bits per heavy atom. The Balaban J connectivity index is 2.36. The molecule has 4 nitrogen and oxygen atoms in total. The van der Waals surface area contributed by atoms with Crippen LogP contribution in [0.4, 0.5) is 0 Å². The zero-order valence-electron chi connectivity index (χ0n) is 9.20.